The van der Waals surface area contributed by atoms with Crippen LogP contribution < -0.4 is 10.0 Å². The van der Waals surface area contributed by atoms with Crippen molar-refractivity contribution in [2.75, 3.05) is 12.4 Å². The van der Waals surface area contributed by atoms with Crippen molar-refractivity contribution in [3.63, 3.8) is 0 Å². The summed E-state index contributed by atoms with van der Waals surface area (Å²) in [6.07, 6.45) is 0. The van der Waals surface area contributed by atoms with Gasteiger partial charge in [0.2, 0.25) is 10.0 Å². The van der Waals surface area contributed by atoms with Crippen LogP contribution in [0.5, 0.6) is 0 Å². The van der Waals surface area contributed by atoms with Gasteiger partial charge in [0.15, 0.2) is 5.69 Å². The first kappa shape index (κ1) is 18.3. The highest BCUT2D eigenvalue weighted by atomic mass is 32.2. The Morgan fingerprint density at radius 2 is 1.92 bits per heavy atom. The van der Waals surface area contributed by atoms with Gasteiger partial charge in [-0.15, -0.1) is 11.3 Å². The van der Waals surface area contributed by atoms with Crippen LogP contribution in [0, 0.1) is 13.8 Å². The topological polar surface area (TPSA) is 104 Å². The van der Waals surface area contributed by atoms with Crippen molar-refractivity contribution >= 4 is 33.0 Å². The molecule has 0 saturated heterocycles. The number of carbonyl (C=O) groups is 1. The zero-order valence-electron chi connectivity index (χ0n) is 14.5. The number of carbonyl (C=O) groups excluding carboxylic acids is 1. The number of thiophene rings is 1. The lowest BCUT2D eigenvalue weighted by Crippen LogP contribution is -2.20. The van der Waals surface area contributed by atoms with E-state index in [0.29, 0.717) is 11.3 Å². The predicted molar refractivity (Wildman–Crippen MR) is 102 cm³/mol. The fourth-order valence-electron chi connectivity index (χ4n) is 2.42. The first-order chi connectivity index (χ1) is 12.3. The van der Waals surface area contributed by atoms with Crippen LogP contribution in [0.2, 0.25) is 0 Å². The molecule has 9 heteroatoms. The maximum absolute atomic E-state index is 12.4. The van der Waals surface area contributed by atoms with Crippen molar-refractivity contribution in [2.24, 2.45) is 0 Å². The highest BCUT2D eigenvalue weighted by Gasteiger charge is 2.17. The molecule has 0 unspecified atom stereocenters. The monoisotopic (exact) mass is 390 g/mol. The van der Waals surface area contributed by atoms with E-state index in [1.54, 1.807) is 36.5 Å². The number of aromatic amines is 1. The number of rotatable bonds is 5. The molecule has 1 aromatic carbocycles. The summed E-state index contributed by atoms with van der Waals surface area (Å²) in [5, 5.41) is 9.57. The molecule has 136 valence electrons. The minimum atomic E-state index is -3.60. The van der Waals surface area contributed by atoms with Crippen molar-refractivity contribution in [1.82, 2.24) is 14.9 Å². The van der Waals surface area contributed by atoms with E-state index in [1.807, 2.05) is 19.1 Å². The summed E-state index contributed by atoms with van der Waals surface area (Å²) in [6.45, 7) is 3.70. The Kier molecular flexibility index (Phi) is 4.94. The van der Waals surface area contributed by atoms with Crippen LogP contribution in [-0.2, 0) is 10.0 Å². The lowest BCUT2D eigenvalue weighted by molar-refractivity contribution is 0.102. The lowest BCUT2D eigenvalue weighted by atomic mass is 10.2. The fourth-order valence-corrected chi connectivity index (χ4v) is 4.24. The molecule has 0 fully saturated rings. The third-order valence-corrected chi connectivity index (χ3v) is 6.41. The minimum Gasteiger partial charge on any atom is -0.321 e. The molecule has 0 aliphatic rings. The first-order valence-corrected chi connectivity index (χ1v) is 10.1. The molecule has 2 heterocycles. The number of sulfonamides is 1. The van der Waals surface area contributed by atoms with Gasteiger partial charge >= 0.3 is 0 Å². The van der Waals surface area contributed by atoms with E-state index in [2.05, 4.69) is 20.2 Å². The van der Waals surface area contributed by atoms with Crippen LogP contribution in [0.1, 0.15) is 20.9 Å². The molecule has 0 atom stereocenters. The van der Waals surface area contributed by atoms with Crippen molar-refractivity contribution in [3.8, 4) is 10.6 Å². The summed E-state index contributed by atoms with van der Waals surface area (Å²) in [6, 6.07) is 10.3. The average Bonchev–Trinajstić information content (AvgIpc) is 3.25. The first-order valence-electron chi connectivity index (χ1n) is 7.78. The van der Waals surface area contributed by atoms with Gasteiger partial charge < -0.3 is 5.32 Å². The van der Waals surface area contributed by atoms with Gasteiger partial charge in [0.25, 0.3) is 5.91 Å². The molecule has 2 aromatic heterocycles. The number of aryl methyl sites for hydroxylation is 2. The quantitative estimate of drug-likeness (QED) is 0.623. The zero-order chi connectivity index (χ0) is 18.9. The van der Waals surface area contributed by atoms with E-state index >= 15 is 0 Å². The van der Waals surface area contributed by atoms with Gasteiger partial charge in [0.05, 0.1) is 15.5 Å². The summed E-state index contributed by atoms with van der Waals surface area (Å²) in [7, 11) is -2.26. The van der Waals surface area contributed by atoms with Crippen LogP contribution >= 0.6 is 11.3 Å². The maximum Gasteiger partial charge on any atom is 0.276 e. The molecular formula is C17H18N4O3S2. The van der Waals surface area contributed by atoms with Crippen LogP contribution in [0.4, 0.5) is 5.69 Å². The molecule has 7 nitrogen and oxygen atoms in total. The second-order valence-electron chi connectivity index (χ2n) is 5.72. The molecule has 0 spiro atoms. The molecule has 3 aromatic rings. The van der Waals surface area contributed by atoms with Gasteiger partial charge in [-0.05, 0) is 56.8 Å². The third-order valence-electron chi connectivity index (χ3n) is 3.82. The molecule has 26 heavy (non-hydrogen) atoms. The molecule has 0 saturated carbocycles. The molecular weight excluding hydrogens is 372 g/mol. The standard InChI is InChI=1S/C17H18N4O3S2/c1-10-4-6-12(8-16(10)26(23,24)18-3)19-17(22)14-9-13(20-21-14)15-7-5-11(2)25-15/h4-9,18H,1-3H3,(H,19,22)(H,20,21). The molecule has 0 bridgehead atoms. The van der Waals surface area contributed by atoms with Crippen LogP contribution in [0.15, 0.2) is 41.3 Å². The Morgan fingerprint density at radius 3 is 2.58 bits per heavy atom. The van der Waals surface area contributed by atoms with Crippen molar-refractivity contribution < 1.29 is 13.2 Å². The van der Waals surface area contributed by atoms with E-state index < -0.39 is 15.9 Å². The highest BCUT2D eigenvalue weighted by Crippen LogP contribution is 2.26. The molecule has 0 aliphatic heterocycles. The van der Waals surface area contributed by atoms with E-state index in [-0.39, 0.29) is 10.6 Å². The summed E-state index contributed by atoms with van der Waals surface area (Å²) in [4.78, 5) is 14.7. The predicted octanol–water partition coefficient (Wildman–Crippen LogP) is 2.92. The van der Waals surface area contributed by atoms with Gasteiger partial charge in [-0.2, -0.15) is 5.10 Å². The number of nitrogens with zero attached hydrogens (tertiary/aromatic N) is 1. The summed E-state index contributed by atoms with van der Waals surface area (Å²) >= 11 is 1.60. The molecule has 0 radical (unpaired) electrons. The Balaban J connectivity index is 1.83. The number of hydrogen-bond donors (Lipinski definition) is 3. The Hall–Kier alpha value is -2.49. The SMILES string of the molecule is CNS(=O)(=O)c1cc(NC(=O)c2cc(-c3ccc(C)s3)[nH]n2)ccc1C. The number of benzene rings is 1. The van der Waals surface area contributed by atoms with Gasteiger partial charge in [0, 0.05) is 10.6 Å². The van der Waals surface area contributed by atoms with Gasteiger partial charge in [-0.25, -0.2) is 13.1 Å². The number of nitrogens with one attached hydrogen (secondary N) is 3. The molecule has 0 aliphatic carbocycles. The van der Waals surface area contributed by atoms with Gasteiger partial charge in [-0.1, -0.05) is 6.07 Å². The average molecular weight is 390 g/mol. The van der Waals surface area contributed by atoms with E-state index in [0.717, 1.165) is 10.6 Å². The fraction of sp³-hybridized carbons (Fsp3) is 0.176. The number of amides is 1. The Morgan fingerprint density at radius 1 is 1.15 bits per heavy atom. The van der Waals surface area contributed by atoms with E-state index in [9.17, 15) is 13.2 Å². The smallest absolute Gasteiger partial charge is 0.276 e. The van der Waals surface area contributed by atoms with Crippen molar-refractivity contribution in [1.29, 1.82) is 0 Å². The second-order valence-corrected chi connectivity index (χ2v) is 8.86. The van der Waals surface area contributed by atoms with Crippen LogP contribution in [0.25, 0.3) is 10.6 Å². The number of H-pyrrole nitrogens is 1. The summed E-state index contributed by atoms with van der Waals surface area (Å²) < 4.78 is 26.4. The second kappa shape index (κ2) is 7.02. The van der Waals surface area contributed by atoms with Crippen molar-refractivity contribution in [3.05, 3.63) is 52.5 Å². The third kappa shape index (κ3) is 3.69. The molecule has 3 rings (SSSR count). The van der Waals surface area contributed by atoms with Gasteiger partial charge in [0.1, 0.15) is 0 Å². The van der Waals surface area contributed by atoms with Crippen molar-refractivity contribution in [2.45, 2.75) is 18.7 Å². The normalized spacial score (nSPS) is 11.5. The number of hydrogen-bond acceptors (Lipinski definition) is 5. The summed E-state index contributed by atoms with van der Waals surface area (Å²) in [5.74, 6) is -0.419. The Bertz CT molecular complexity index is 1070. The molecule has 1 amide bonds. The van der Waals surface area contributed by atoms with Gasteiger partial charge in [-0.3, -0.25) is 9.89 Å². The summed E-state index contributed by atoms with van der Waals surface area (Å²) in [5.41, 5.74) is 1.96. The minimum absolute atomic E-state index is 0.120. The lowest BCUT2D eigenvalue weighted by Gasteiger charge is -2.09. The highest BCUT2D eigenvalue weighted by molar-refractivity contribution is 7.89. The molecule has 3 N–H and O–H groups in total. The number of aromatic nitrogens is 2. The Labute approximate surface area is 155 Å². The largest absolute Gasteiger partial charge is 0.321 e. The zero-order valence-corrected chi connectivity index (χ0v) is 16.1. The van der Waals surface area contributed by atoms with E-state index in [1.165, 1.54) is 18.0 Å². The van der Waals surface area contributed by atoms with Crippen LogP contribution in [-0.4, -0.2) is 31.6 Å². The van der Waals surface area contributed by atoms with Crippen LogP contribution in [0.3, 0.4) is 0 Å². The van der Waals surface area contributed by atoms with E-state index in [4.69, 9.17) is 0 Å². The maximum atomic E-state index is 12.4. The number of anilines is 1.